The number of hydrogen-bond donors (Lipinski definition) is 1. The third-order valence-electron chi connectivity index (χ3n) is 2.56. The summed E-state index contributed by atoms with van der Waals surface area (Å²) in [5.41, 5.74) is 0.632. The van der Waals surface area contributed by atoms with Gasteiger partial charge in [0.05, 0.1) is 6.61 Å². The first-order valence-corrected chi connectivity index (χ1v) is 6.05. The smallest absolute Gasteiger partial charge is 0.165 e. The summed E-state index contributed by atoms with van der Waals surface area (Å²) in [6.07, 6.45) is 1.79. The average Bonchev–Trinajstić information content (AvgIpc) is 2.85. The zero-order valence-corrected chi connectivity index (χ0v) is 11.0. The second-order valence-electron chi connectivity index (χ2n) is 4.01. The summed E-state index contributed by atoms with van der Waals surface area (Å²) in [5, 5.41) is 12.6. The normalized spacial score (nSPS) is 9.95. The molecule has 0 amide bonds. The SMILES string of the molecule is Cn1ncnc1COc1cc(C#CCCO)ccc1F. The van der Waals surface area contributed by atoms with E-state index in [0.29, 0.717) is 17.8 Å². The summed E-state index contributed by atoms with van der Waals surface area (Å²) in [6, 6.07) is 4.39. The van der Waals surface area contributed by atoms with E-state index < -0.39 is 5.82 Å². The zero-order chi connectivity index (χ0) is 14.4. The Morgan fingerprint density at radius 2 is 2.30 bits per heavy atom. The van der Waals surface area contributed by atoms with Crippen LogP contribution in [0.15, 0.2) is 24.5 Å². The standard InChI is InChI=1S/C14H14FN3O2/c1-18-14(16-10-17-18)9-20-13-8-11(4-2-3-7-19)5-6-12(13)15/h5-6,8,10,19H,3,7,9H2,1H3. The van der Waals surface area contributed by atoms with E-state index in [1.807, 2.05) is 0 Å². The van der Waals surface area contributed by atoms with Crippen molar-refractivity contribution in [1.82, 2.24) is 14.8 Å². The van der Waals surface area contributed by atoms with Crippen LogP contribution in [0.2, 0.25) is 0 Å². The highest BCUT2D eigenvalue weighted by molar-refractivity contribution is 5.40. The minimum atomic E-state index is -0.458. The van der Waals surface area contributed by atoms with E-state index in [1.165, 1.54) is 18.5 Å². The predicted octanol–water partition coefficient (Wildman–Crippen LogP) is 1.27. The Balaban J connectivity index is 2.09. The number of ether oxygens (including phenoxy) is 1. The molecule has 1 N–H and O–H groups in total. The van der Waals surface area contributed by atoms with Crippen molar-refractivity contribution in [3.8, 4) is 17.6 Å². The summed E-state index contributed by atoms with van der Waals surface area (Å²) in [6.45, 7) is 0.130. The Hall–Kier alpha value is -2.39. The Morgan fingerprint density at radius 3 is 3.00 bits per heavy atom. The van der Waals surface area contributed by atoms with Crippen molar-refractivity contribution >= 4 is 0 Å². The van der Waals surface area contributed by atoms with Crippen LogP contribution in [0.25, 0.3) is 0 Å². The van der Waals surface area contributed by atoms with E-state index in [2.05, 4.69) is 21.9 Å². The molecule has 0 saturated heterocycles. The van der Waals surface area contributed by atoms with Crippen LogP contribution >= 0.6 is 0 Å². The van der Waals surface area contributed by atoms with Gasteiger partial charge in [0, 0.05) is 19.0 Å². The number of aryl methyl sites for hydroxylation is 1. The molecule has 0 aliphatic heterocycles. The number of aliphatic hydroxyl groups is 1. The van der Waals surface area contributed by atoms with Gasteiger partial charge in [0.15, 0.2) is 17.4 Å². The van der Waals surface area contributed by atoms with E-state index in [1.54, 1.807) is 17.8 Å². The van der Waals surface area contributed by atoms with Crippen molar-refractivity contribution in [3.05, 3.63) is 41.7 Å². The van der Waals surface area contributed by atoms with Crippen LogP contribution in [0.1, 0.15) is 17.8 Å². The topological polar surface area (TPSA) is 60.2 Å². The molecule has 1 heterocycles. The first-order chi connectivity index (χ1) is 9.70. The largest absolute Gasteiger partial charge is 0.483 e. The van der Waals surface area contributed by atoms with Gasteiger partial charge in [0.1, 0.15) is 12.9 Å². The lowest BCUT2D eigenvalue weighted by Gasteiger charge is -2.07. The van der Waals surface area contributed by atoms with Crippen LogP contribution in [0.4, 0.5) is 4.39 Å². The Morgan fingerprint density at radius 1 is 1.45 bits per heavy atom. The number of benzene rings is 1. The van der Waals surface area contributed by atoms with Crippen LogP contribution < -0.4 is 4.74 Å². The molecule has 5 nitrogen and oxygen atoms in total. The average molecular weight is 275 g/mol. The lowest BCUT2D eigenvalue weighted by molar-refractivity contribution is 0.275. The predicted molar refractivity (Wildman–Crippen MR) is 70.3 cm³/mol. The quantitative estimate of drug-likeness (QED) is 0.854. The van der Waals surface area contributed by atoms with Crippen molar-refractivity contribution in [3.63, 3.8) is 0 Å². The number of aliphatic hydroxyl groups excluding tert-OH is 1. The maximum atomic E-state index is 13.6. The second-order valence-corrected chi connectivity index (χ2v) is 4.01. The highest BCUT2D eigenvalue weighted by Gasteiger charge is 2.07. The van der Waals surface area contributed by atoms with Gasteiger partial charge in [0.2, 0.25) is 0 Å². The minimum Gasteiger partial charge on any atom is -0.483 e. The molecule has 1 aromatic heterocycles. The first-order valence-electron chi connectivity index (χ1n) is 6.05. The molecular formula is C14H14FN3O2. The maximum absolute atomic E-state index is 13.6. The van der Waals surface area contributed by atoms with E-state index in [0.717, 1.165) is 0 Å². The Bertz CT molecular complexity index is 643. The fourth-order valence-electron chi connectivity index (χ4n) is 1.51. The van der Waals surface area contributed by atoms with E-state index in [4.69, 9.17) is 9.84 Å². The van der Waals surface area contributed by atoms with Crippen LogP contribution in [0.5, 0.6) is 5.75 Å². The highest BCUT2D eigenvalue weighted by Crippen LogP contribution is 2.19. The van der Waals surface area contributed by atoms with Gasteiger partial charge in [-0.15, -0.1) is 0 Å². The van der Waals surface area contributed by atoms with Crippen molar-refractivity contribution in [2.45, 2.75) is 13.0 Å². The van der Waals surface area contributed by atoms with Gasteiger partial charge in [0.25, 0.3) is 0 Å². The number of rotatable bonds is 4. The van der Waals surface area contributed by atoms with Gasteiger partial charge in [-0.2, -0.15) is 5.10 Å². The third-order valence-corrected chi connectivity index (χ3v) is 2.56. The molecule has 0 fully saturated rings. The lowest BCUT2D eigenvalue weighted by Crippen LogP contribution is -2.05. The molecule has 0 aliphatic carbocycles. The number of hydrogen-bond acceptors (Lipinski definition) is 4. The molecular weight excluding hydrogens is 261 g/mol. The van der Waals surface area contributed by atoms with Gasteiger partial charge < -0.3 is 9.84 Å². The fourth-order valence-corrected chi connectivity index (χ4v) is 1.51. The maximum Gasteiger partial charge on any atom is 0.165 e. The molecule has 0 atom stereocenters. The first kappa shape index (κ1) is 14.0. The number of nitrogens with zero attached hydrogens (tertiary/aromatic N) is 3. The molecule has 2 rings (SSSR count). The molecule has 6 heteroatoms. The molecule has 0 bridgehead atoms. The number of aromatic nitrogens is 3. The molecule has 0 saturated carbocycles. The van der Waals surface area contributed by atoms with E-state index in [9.17, 15) is 4.39 Å². The monoisotopic (exact) mass is 275 g/mol. The number of halogens is 1. The molecule has 104 valence electrons. The van der Waals surface area contributed by atoms with Crippen LogP contribution in [0.3, 0.4) is 0 Å². The van der Waals surface area contributed by atoms with Crippen molar-refractivity contribution in [2.75, 3.05) is 6.61 Å². The summed E-state index contributed by atoms with van der Waals surface area (Å²) in [4.78, 5) is 3.99. The van der Waals surface area contributed by atoms with Crippen molar-refractivity contribution in [2.24, 2.45) is 7.05 Å². The molecule has 20 heavy (non-hydrogen) atoms. The second kappa shape index (κ2) is 6.68. The van der Waals surface area contributed by atoms with Gasteiger partial charge >= 0.3 is 0 Å². The van der Waals surface area contributed by atoms with Crippen molar-refractivity contribution in [1.29, 1.82) is 0 Å². The Labute approximate surface area is 116 Å². The van der Waals surface area contributed by atoms with Crippen LogP contribution in [0, 0.1) is 17.7 Å². The molecule has 1 aromatic carbocycles. The van der Waals surface area contributed by atoms with Gasteiger partial charge in [-0.3, -0.25) is 4.68 Å². The summed E-state index contributed by atoms with van der Waals surface area (Å²) in [5.74, 6) is 5.85. The van der Waals surface area contributed by atoms with Crippen LogP contribution in [-0.4, -0.2) is 26.5 Å². The molecule has 0 unspecified atom stereocenters. The zero-order valence-electron chi connectivity index (χ0n) is 11.0. The highest BCUT2D eigenvalue weighted by atomic mass is 19.1. The van der Waals surface area contributed by atoms with Crippen LogP contribution in [-0.2, 0) is 13.7 Å². The van der Waals surface area contributed by atoms with Crippen molar-refractivity contribution < 1.29 is 14.2 Å². The summed E-state index contributed by atoms with van der Waals surface area (Å²) >= 11 is 0. The molecule has 0 aliphatic rings. The van der Waals surface area contributed by atoms with Gasteiger partial charge in [-0.25, -0.2) is 9.37 Å². The third kappa shape index (κ3) is 3.56. The Kier molecular flexibility index (Phi) is 4.69. The summed E-state index contributed by atoms with van der Waals surface area (Å²) in [7, 11) is 1.73. The lowest BCUT2D eigenvalue weighted by atomic mass is 10.2. The summed E-state index contributed by atoms with van der Waals surface area (Å²) < 4.78 is 20.6. The van der Waals surface area contributed by atoms with Gasteiger partial charge in [-0.1, -0.05) is 11.8 Å². The van der Waals surface area contributed by atoms with E-state index >= 15 is 0 Å². The van der Waals surface area contributed by atoms with Gasteiger partial charge in [-0.05, 0) is 18.2 Å². The molecule has 0 spiro atoms. The fraction of sp³-hybridized carbons (Fsp3) is 0.286. The molecule has 0 radical (unpaired) electrons. The molecule has 2 aromatic rings. The van der Waals surface area contributed by atoms with E-state index in [-0.39, 0.29) is 19.0 Å². The minimum absolute atomic E-state index is 0.00368.